The van der Waals surface area contributed by atoms with Crippen LogP contribution >= 0.6 is 11.8 Å². The van der Waals surface area contributed by atoms with Crippen molar-refractivity contribution < 1.29 is 27.5 Å². The molecular weight excluding hydrogens is 373 g/mol. The Balaban J connectivity index is 1.91. The van der Waals surface area contributed by atoms with E-state index in [0.717, 1.165) is 16.3 Å². The fourth-order valence-electron chi connectivity index (χ4n) is 1.92. The van der Waals surface area contributed by atoms with Crippen molar-refractivity contribution in [1.82, 2.24) is 14.8 Å². The molecule has 0 aliphatic carbocycles. The van der Waals surface area contributed by atoms with Crippen molar-refractivity contribution in [3.05, 3.63) is 35.7 Å². The number of thioether (sulfide) groups is 1. The highest BCUT2D eigenvalue weighted by atomic mass is 32.2. The van der Waals surface area contributed by atoms with Gasteiger partial charge in [-0.1, -0.05) is 11.8 Å². The van der Waals surface area contributed by atoms with Crippen LogP contribution < -0.4 is 5.32 Å². The van der Waals surface area contributed by atoms with Crippen LogP contribution in [0.15, 0.2) is 29.4 Å². The van der Waals surface area contributed by atoms with Gasteiger partial charge in [0.05, 0.1) is 17.9 Å². The summed E-state index contributed by atoms with van der Waals surface area (Å²) in [5, 5.41) is 9.07. The minimum Gasteiger partial charge on any atom is -0.462 e. The van der Waals surface area contributed by atoms with E-state index in [4.69, 9.17) is 4.74 Å². The first kappa shape index (κ1) is 19.8. The number of halogens is 3. The Morgan fingerprint density at radius 1 is 1.23 bits per heavy atom. The number of anilines is 1. The van der Waals surface area contributed by atoms with E-state index in [2.05, 4.69) is 15.5 Å². The van der Waals surface area contributed by atoms with Gasteiger partial charge in [-0.15, -0.1) is 10.2 Å². The number of hydrogen-bond acceptors (Lipinski definition) is 6. The maximum absolute atomic E-state index is 12.6. The summed E-state index contributed by atoms with van der Waals surface area (Å²) < 4.78 is 43.6. The number of hydrogen-bond donors (Lipinski definition) is 1. The molecule has 140 valence electrons. The number of carbonyl (C=O) groups is 2. The Bertz CT molecular complexity index is 790. The molecule has 0 aliphatic rings. The summed E-state index contributed by atoms with van der Waals surface area (Å²) >= 11 is 0.829. The second-order valence-electron chi connectivity index (χ2n) is 5.00. The fraction of sp³-hybridized carbons (Fsp3) is 0.333. The fourth-order valence-corrected chi connectivity index (χ4v) is 2.63. The van der Waals surface area contributed by atoms with Crippen LogP contribution in [0.3, 0.4) is 0 Å². The molecule has 0 spiro atoms. The summed E-state index contributed by atoms with van der Waals surface area (Å²) in [5.74, 6) is -2.18. The Labute approximate surface area is 150 Å². The van der Waals surface area contributed by atoms with E-state index in [1.165, 1.54) is 31.3 Å². The summed E-state index contributed by atoms with van der Waals surface area (Å²) in [6.07, 6.45) is -4.61. The molecule has 0 bridgehead atoms. The molecule has 1 N–H and O–H groups in total. The largest absolute Gasteiger partial charge is 0.462 e. The van der Waals surface area contributed by atoms with Crippen molar-refractivity contribution in [2.45, 2.75) is 18.3 Å². The van der Waals surface area contributed by atoms with Crippen molar-refractivity contribution >= 4 is 29.3 Å². The van der Waals surface area contributed by atoms with E-state index in [-0.39, 0.29) is 17.5 Å². The van der Waals surface area contributed by atoms with Crippen LogP contribution in [0.25, 0.3) is 0 Å². The zero-order valence-electron chi connectivity index (χ0n) is 13.8. The van der Waals surface area contributed by atoms with Gasteiger partial charge in [0.2, 0.25) is 11.7 Å². The number of aromatic nitrogens is 3. The lowest BCUT2D eigenvalue weighted by Gasteiger charge is -2.07. The van der Waals surface area contributed by atoms with Gasteiger partial charge >= 0.3 is 12.1 Å². The summed E-state index contributed by atoms with van der Waals surface area (Å²) in [6.45, 7) is 1.95. The summed E-state index contributed by atoms with van der Waals surface area (Å²) in [5.41, 5.74) is 0.788. The van der Waals surface area contributed by atoms with Crippen molar-refractivity contribution in [1.29, 1.82) is 0 Å². The molecule has 2 aromatic rings. The van der Waals surface area contributed by atoms with Gasteiger partial charge in [0.25, 0.3) is 0 Å². The Kier molecular flexibility index (Phi) is 6.24. The number of amides is 1. The maximum Gasteiger partial charge on any atom is 0.451 e. The molecule has 0 atom stereocenters. The molecule has 2 rings (SSSR count). The van der Waals surface area contributed by atoms with Crippen LogP contribution in [0.4, 0.5) is 18.9 Å². The SMILES string of the molecule is CCOC(=O)c1ccc(NC(=O)CSc2nnc(C(F)(F)F)n2C)cc1. The highest BCUT2D eigenvalue weighted by Gasteiger charge is 2.37. The van der Waals surface area contributed by atoms with Gasteiger partial charge in [-0.2, -0.15) is 13.2 Å². The lowest BCUT2D eigenvalue weighted by molar-refractivity contribution is -0.147. The third-order valence-corrected chi connectivity index (χ3v) is 4.12. The maximum atomic E-state index is 12.6. The number of nitrogens with zero attached hydrogens (tertiary/aromatic N) is 3. The van der Waals surface area contributed by atoms with Crippen LogP contribution in [0.5, 0.6) is 0 Å². The average Bonchev–Trinajstić information content (AvgIpc) is 2.95. The zero-order valence-corrected chi connectivity index (χ0v) is 14.6. The number of carbonyl (C=O) groups excluding carboxylic acids is 2. The van der Waals surface area contributed by atoms with Gasteiger partial charge in [-0.25, -0.2) is 4.79 Å². The summed E-state index contributed by atoms with van der Waals surface area (Å²) in [7, 11) is 1.18. The van der Waals surface area contributed by atoms with Crippen LogP contribution in [-0.4, -0.2) is 39.0 Å². The van der Waals surface area contributed by atoms with Gasteiger partial charge in [-0.05, 0) is 31.2 Å². The smallest absolute Gasteiger partial charge is 0.451 e. The first-order valence-corrected chi connectivity index (χ1v) is 8.37. The number of esters is 1. The highest BCUT2D eigenvalue weighted by Crippen LogP contribution is 2.29. The van der Waals surface area contributed by atoms with Crippen LogP contribution in [0, 0.1) is 0 Å². The van der Waals surface area contributed by atoms with E-state index < -0.39 is 23.9 Å². The molecule has 1 heterocycles. The van der Waals surface area contributed by atoms with Gasteiger partial charge in [-0.3, -0.25) is 4.79 Å². The number of rotatable bonds is 6. The standard InChI is InChI=1S/C15H15F3N4O3S/c1-3-25-12(24)9-4-6-10(7-5-9)19-11(23)8-26-14-21-20-13(22(14)2)15(16,17)18/h4-7H,3,8H2,1-2H3,(H,19,23). The predicted molar refractivity (Wildman–Crippen MR) is 87.8 cm³/mol. The van der Waals surface area contributed by atoms with Crippen molar-refractivity contribution in [2.75, 3.05) is 17.7 Å². The Morgan fingerprint density at radius 3 is 2.42 bits per heavy atom. The minimum atomic E-state index is -4.61. The quantitative estimate of drug-likeness (QED) is 0.605. The third kappa shape index (κ3) is 4.97. The highest BCUT2D eigenvalue weighted by molar-refractivity contribution is 7.99. The average molecular weight is 388 g/mol. The first-order chi connectivity index (χ1) is 12.2. The van der Waals surface area contributed by atoms with Crippen LogP contribution in [0.2, 0.25) is 0 Å². The van der Waals surface area contributed by atoms with Crippen molar-refractivity contribution in [3.8, 4) is 0 Å². The normalized spacial score (nSPS) is 11.3. The van der Waals surface area contributed by atoms with Crippen LogP contribution in [-0.2, 0) is 22.8 Å². The number of nitrogens with one attached hydrogen (secondary N) is 1. The number of benzene rings is 1. The molecular formula is C15H15F3N4O3S. The lowest BCUT2D eigenvalue weighted by Crippen LogP contribution is -2.15. The van der Waals surface area contributed by atoms with E-state index in [9.17, 15) is 22.8 Å². The van der Waals surface area contributed by atoms with Gasteiger partial charge in [0, 0.05) is 12.7 Å². The summed E-state index contributed by atoms with van der Waals surface area (Å²) in [4.78, 5) is 23.5. The molecule has 26 heavy (non-hydrogen) atoms. The molecule has 0 aliphatic heterocycles. The molecule has 0 saturated heterocycles. The van der Waals surface area contributed by atoms with Gasteiger partial charge in [0.15, 0.2) is 5.16 Å². The van der Waals surface area contributed by atoms with Crippen molar-refractivity contribution in [3.63, 3.8) is 0 Å². The van der Waals surface area contributed by atoms with E-state index in [0.29, 0.717) is 11.3 Å². The van der Waals surface area contributed by atoms with Gasteiger partial charge < -0.3 is 14.6 Å². The predicted octanol–water partition coefficient (Wildman–Crippen LogP) is 2.74. The molecule has 0 radical (unpaired) electrons. The lowest BCUT2D eigenvalue weighted by atomic mass is 10.2. The number of ether oxygens (including phenoxy) is 1. The van der Waals surface area contributed by atoms with Gasteiger partial charge in [0.1, 0.15) is 0 Å². The topological polar surface area (TPSA) is 86.1 Å². The molecule has 1 aromatic heterocycles. The van der Waals surface area contributed by atoms with E-state index in [1.54, 1.807) is 6.92 Å². The van der Waals surface area contributed by atoms with E-state index >= 15 is 0 Å². The van der Waals surface area contributed by atoms with Crippen LogP contribution in [0.1, 0.15) is 23.1 Å². The zero-order chi connectivity index (χ0) is 19.3. The molecule has 1 aromatic carbocycles. The Hall–Kier alpha value is -2.56. The first-order valence-electron chi connectivity index (χ1n) is 7.38. The monoisotopic (exact) mass is 388 g/mol. The third-order valence-electron chi connectivity index (χ3n) is 3.10. The second kappa shape index (κ2) is 8.21. The molecule has 0 saturated carbocycles. The minimum absolute atomic E-state index is 0.0230. The molecule has 7 nitrogen and oxygen atoms in total. The van der Waals surface area contributed by atoms with Crippen molar-refractivity contribution in [2.24, 2.45) is 7.05 Å². The number of alkyl halides is 3. The molecule has 11 heteroatoms. The second-order valence-corrected chi connectivity index (χ2v) is 5.94. The molecule has 0 unspecified atom stereocenters. The van der Waals surface area contributed by atoms with E-state index in [1.807, 2.05) is 0 Å². The molecule has 0 fully saturated rings. The molecule has 1 amide bonds. The summed E-state index contributed by atoms with van der Waals surface area (Å²) in [6, 6.07) is 6.05. The Morgan fingerprint density at radius 2 is 1.88 bits per heavy atom.